The highest BCUT2D eigenvalue weighted by Gasteiger charge is 2.22. The Morgan fingerprint density at radius 3 is 2.12 bits per heavy atom. The van der Waals surface area contributed by atoms with Crippen molar-refractivity contribution in [3.05, 3.63) is 102 Å². The van der Waals surface area contributed by atoms with Crippen molar-refractivity contribution in [2.45, 2.75) is 19.6 Å². The standard InChI is InChI=1S/C27H29N5O/c33-27(28-19-22-9-3-1-4-10-22)31-17-15-30(16-18-31)21-26-29-24-13-7-8-14-25(24)32(26)20-23-11-5-2-6-12-23/h1-14H,15-21H2,(H,28,33). The number of fused-ring (bicyclic) bond motifs is 1. The highest BCUT2D eigenvalue weighted by molar-refractivity contribution is 5.76. The lowest BCUT2D eigenvalue weighted by Crippen LogP contribution is -2.51. The summed E-state index contributed by atoms with van der Waals surface area (Å²) >= 11 is 0. The number of amides is 2. The van der Waals surface area contributed by atoms with Gasteiger partial charge in [0, 0.05) is 39.3 Å². The minimum absolute atomic E-state index is 0.00909. The summed E-state index contributed by atoms with van der Waals surface area (Å²) in [4.78, 5) is 21.8. The molecule has 33 heavy (non-hydrogen) atoms. The lowest BCUT2D eigenvalue weighted by molar-refractivity contribution is 0.132. The molecule has 6 heteroatoms. The molecule has 5 rings (SSSR count). The van der Waals surface area contributed by atoms with Gasteiger partial charge in [-0.25, -0.2) is 9.78 Å². The summed E-state index contributed by atoms with van der Waals surface area (Å²) in [5.41, 5.74) is 4.57. The highest BCUT2D eigenvalue weighted by atomic mass is 16.2. The number of hydrogen-bond donors (Lipinski definition) is 1. The van der Waals surface area contributed by atoms with Gasteiger partial charge < -0.3 is 14.8 Å². The number of hydrogen-bond acceptors (Lipinski definition) is 3. The third-order valence-electron chi connectivity index (χ3n) is 6.23. The fourth-order valence-corrected chi connectivity index (χ4v) is 4.38. The quantitative estimate of drug-likeness (QED) is 0.492. The molecule has 6 nitrogen and oxygen atoms in total. The Bertz CT molecular complexity index is 1200. The summed E-state index contributed by atoms with van der Waals surface area (Å²) in [6, 6.07) is 28.9. The topological polar surface area (TPSA) is 53.4 Å². The minimum atomic E-state index is 0.00909. The van der Waals surface area contributed by atoms with Gasteiger partial charge in [-0.1, -0.05) is 72.8 Å². The lowest BCUT2D eigenvalue weighted by Gasteiger charge is -2.34. The van der Waals surface area contributed by atoms with E-state index in [2.05, 4.69) is 57.2 Å². The number of rotatable bonds is 6. The zero-order chi connectivity index (χ0) is 22.5. The fourth-order valence-electron chi connectivity index (χ4n) is 4.38. The molecule has 0 bridgehead atoms. The van der Waals surface area contributed by atoms with E-state index in [1.807, 2.05) is 47.4 Å². The molecule has 0 spiro atoms. The number of carbonyl (C=O) groups excluding carboxylic acids is 1. The van der Waals surface area contributed by atoms with Crippen LogP contribution in [0.3, 0.4) is 0 Å². The summed E-state index contributed by atoms with van der Waals surface area (Å²) in [6.45, 7) is 5.27. The molecule has 3 aromatic carbocycles. The maximum atomic E-state index is 12.6. The summed E-state index contributed by atoms with van der Waals surface area (Å²) in [7, 11) is 0. The maximum absolute atomic E-state index is 12.6. The second kappa shape index (κ2) is 9.88. The number of imidazole rings is 1. The molecular weight excluding hydrogens is 410 g/mol. The first-order chi connectivity index (χ1) is 16.3. The fraction of sp³-hybridized carbons (Fsp3) is 0.259. The summed E-state index contributed by atoms with van der Waals surface area (Å²) in [5, 5.41) is 3.04. The number of piperazine rings is 1. The van der Waals surface area contributed by atoms with Crippen molar-refractivity contribution >= 4 is 17.1 Å². The smallest absolute Gasteiger partial charge is 0.317 e. The van der Waals surface area contributed by atoms with Gasteiger partial charge in [0.2, 0.25) is 0 Å². The van der Waals surface area contributed by atoms with Crippen LogP contribution in [0.5, 0.6) is 0 Å². The van der Waals surface area contributed by atoms with Gasteiger partial charge in [-0.15, -0.1) is 0 Å². The number of nitrogens with zero attached hydrogens (tertiary/aromatic N) is 4. The van der Waals surface area contributed by atoms with E-state index in [0.29, 0.717) is 6.54 Å². The van der Waals surface area contributed by atoms with E-state index in [9.17, 15) is 4.79 Å². The Labute approximate surface area is 194 Å². The van der Waals surface area contributed by atoms with Gasteiger partial charge in [0.15, 0.2) is 0 Å². The zero-order valence-electron chi connectivity index (χ0n) is 18.7. The van der Waals surface area contributed by atoms with Crippen molar-refractivity contribution in [2.75, 3.05) is 26.2 Å². The van der Waals surface area contributed by atoms with E-state index in [1.54, 1.807) is 0 Å². The monoisotopic (exact) mass is 439 g/mol. The van der Waals surface area contributed by atoms with Gasteiger partial charge in [-0.05, 0) is 23.3 Å². The molecule has 1 N–H and O–H groups in total. The molecule has 1 aromatic heterocycles. The van der Waals surface area contributed by atoms with E-state index in [-0.39, 0.29) is 6.03 Å². The Hall–Kier alpha value is -3.64. The van der Waals surface area contributed by atoms with Gasteiger partial charge in [-0.3, -0.25) is 4.90 Å². The van der Waals surface area contributed by atoms with Crippen molar-refractivity contribution in [3.63, 3.8) is 0 Å². The van der Waals surface area contributed by atoms with Crippen molar-refractivity contribution in [1.82, 2.24) is 24.7 Å². The second-order valence-corrected chi connectivity index (χ2v) is 8.50. The highest BCUT2D eigenvalue weighted by Crippen LogP contribution is 2.20. The first kappa shape index (κ1) is 21.2. The summed E-state index contributed by atoms with van der Waals surface area (Å²) in [5.74, 6) is 1.07. The van der Waals surface area contributed by atoms with E-state index in [4.69, 9.17) is 4.98 Å². The van der Waals surface area contributed by atoms with Crippen LogP contribution >= 0.6 is 0 Å². The van der Waals surface area contributed by atoms with Gasteiger partial charge in [0.05, 0.1) is 17.6 Å². The third kappa shape index (κ3) is 5.07. The minimum Gasteiger partial charge on any atom is -0.334 e. The largest absolute Gasteiger partial charge is 0.334 e. The average molecular weight is 440 g/mol. The molecule has 1 saturated heterocycles. The number of urea groups is 1. The molecule has 0 unspecified atom stereocenters. The molecule has 168 valence electrons. The van der Waals surface area contributed by atoms with Crippen molar-refractivity contribution in [2.24, 2.45) is 0 Å². The van der Waals surface area contributed by atoms with Crippen LogP contribution < -0.4 is 5.32 Å². The zero-order valence-corrected chi connectivity index (χ0v) is 18.7. The summed E-state index contributed by atoms with van der Waals surface area (Å²) < 4.78 is 2.32. The summed E-state index contributed by atoms with van der Waals surface area (Å²) in [6.07, 6.45) is 0. The van der Waals surface area contributed by atoms with Gasteiger partial charge in [0.25, 0.3) is 0 Å². The normalized spacial score (nSPS) is 14.5. The van der Waals surface area contributed by atoms with Crippen LogP contribution in [-0.2, 0) is 19.6 Å². The van der Waals surface area contributed by atoms with Crippen LogP contribution in [0.15, 0.2) is 84.9 Å². The first-order valence-corrected chi connectivity index (χ1v) is 11.5. The SMILES string of the molecule is O=C(NCc1ccccc1)N1CCN(Cc2nc3ccccc3n2Cc2ccccc2)CC1. The third-order valence-corrected chi connectivity index (χ3v) is 6.23. The van der Waals surface area contributed by atoms with E-state index in [1.165, 1.54) is 5.56 Å². The predicted octanol–water partition coefficient (Wildman–Crippen LogP) is 4.11. The van der Waals surface area contributed by atoms with Gasteiger partial charge in [-0.2, -0.15) is 0 Å². The Morgan fingerprint density at radius 2 is 1.39 bits per heavy atom. The van der Waals surface area contributed by atoms with Crippen LogP contribution in [0.25, 0.3) is 11.0 Å². The van der Waals surface area contributed by atoms with E-state index < -0.39 is 0 Å². The number of carbonyl (C=O) groups is 1. The number of benzene rings is 3. The average Bonchev–Trinajstić information content (AvgIpc) is 3.21. The Morgan fingerprint density at radius 1 is 0.758 bits per heavy atom. The van der Waals surface area contributed by atoms with Crippen LogP contribution in [0.4, 0.5) is 4.79 Å². The maximum Gasteiger partial charge on any atom is 0.317 e. The van der Waals surface area contributed by atoms with Crippen LogP contribution in [-0.4, -0.2) is 51.6 Å². The molecule has 1 fully saturated rings. The second-order valence-electron chi connectivity index (χ2n) is 8.50. The Balaban J connectivity index is 1.22. The molecule has 2 amide bonds. The Kier molecular flexibility index (Phi) is 6.35. The molecule has 0 aliphatic carbocycles. The molecule has 4 aromatic rings. The van der Waals surface area contributed by atoms with Gasteiger partial charge >= 0.3 is 6.03 Å². The van der Waals surface area contributed by atoms with Crippen LogP contribution in [0.1, 0.15) is 17.0 Å². The van der Waals surface area contributed by atoms with Crippen LogP contribution in [0, 0.1) is 0 Å². The molecule has 0 atom stereocenters. The number of aromatic nitrogens is 2. The van der Waals surface area contributed by atoms with Crippen molar-refractivity contribution in [1.29, 1.82) is 0 Å². The molecule has 1 aliphatic heterocycles. The van der Waals surface area contributed by atoms with Crippen molar-refractivity contribution < 1.29 is 4.79 Å². The first-order valence-electron chi connectivity index (χ1n) is 11.5. The van der Waals surface area contributed by atoms with E-state index in [0.717, 1.165) is 61.7 Å². The van der Waals surface area contributed by atoms with Gasteiger partial charge in [0.1, 0.15) is 5.82 Å². The predicted molar refractivity (Wildman–Crippen MR) is 131 cm³/mol. The molecular formula is C27H29N5O. The molecule has 0 radical (unpaired) electrons. The molecule has 2 heterocycles. The van der Waals surface area contributed by atoms with E-state index >= 15 is 0 Å². The van der Waals surface area contributed by atoms with Crippen LogP contribution in [0.2, 0.25) is 0 Å². The number of nitrogens with one attached hydrogen (secondary N) is 1. The molecule has 0 saturated carbocycles. The molecule has 1 aliphatic rings. The lowest BCUT2D eigenvalue weighted by atomic mass is 10.2. The number of para-hydroxylation sites is 2. The van der Waals surface area contributed by atoms with Crippen molar-refractivity contribution in [3.8, 4) is 0 Å².